The number of amides is 1. The van der Waals surface area contributed by atoms with Gasteiger partial charge in [0, 0.05) is 12.1 Å². The number of hydrogen-bond donors (Lipinski definition) is 1. The summed E-state index contributed by atoms with van der Waals surface area (Å²) in [5, 5.41) is 13.4. The molecule has 29 heavy (non-hydrogen) atoms. The maximum absolute atomic E-state index is 12.5. The molecule has 1 rings (SSSR count). The summed E-state index contributed by atoms with van der Waals surface area (Å²) in [5.74, 6) is -3.32. The molecule has 0 heterocycles. The second kappa shape index (κ2) is 10.4. The molecule has 0 aliphatic heterocycles. The summed E-state index contributed by atoms with van der Waals surface area (Å²) in [6, 6.07) is 3.86. The first-order valence-corrected chi connectivity index (χ1v) is 9.07. The molecule has 0 aromatic heterocycles. The highest BCUT2D eigenvalue weighted by atomic mass is 16.6. The Morgan fingerprint density at radius 3 is 1.90 bits per heavy atom. The molecule has 1 atom stereocenters. The van der Waals surface area contributed by atoms with E-state index >= 15 is 0 Å². The Kier molecular flexibility index (Phi) is 8.56. The Morgan fingerprint density at radius 1 is 1.03 bits per heavy atom. The SMILES string of the molecule is CCOC(=O)C(C(=O)OCC)C(NC(=O)OC(C)(C)C)c1ccc([N+](=O)[O-])cc1. The number of carbonyl (C=O) groups excluding carboxylic acids is 3. The number of nitro benzene ring substituents is 1. The van der Waals surface area contributed by atoms with Gasteiger partial charge in [0.15, 0.2) is 5.92 Å². The third-order valence-corrected chi connectivity index (χ3v) is 3.55. The zero-order chi connectivity index (χ0) is 22.2. The molecule has 0 saturated heterocycles. The van der Waals surface area contributed by atoms with Gasteiger partial charge in [-0.2, -0.15) is 0 Å². The molecule has 1 unspecified atom stereocenters. The van der Waals surface area contributed by atoms with Crippen molar-refractivity contribution in [2.45, 2.75) is 46.3 Å². The van der Waals surface area contributed by atoms with Crippen molar-refractivity contribution in [2.75, 3.05) is 13.2 Å². The summed E-state index contributed by atoms with van der Waals surface area (Å²) in [4.78, 5) is 47.6. The largest absolute Gasteiger partial charge is 0.465 e. The minimum atomic E-state index is -1.52. The van der Waals surface area contributed by atoms with Crippen molar-refractivity contribution >= 4 is 23.7 Å². The first-order valence-electron chi connectivity index (χ1n) is 9.07. The Morgan fingerprint density at radius 2 is 1.52 bits per heavy atom. The molecule has 1 aromatic carbocycles. The molecule has 1 N–H and O–H groups in total. The number of hydrogen-bond acceptors (Lipinski definition) is 8. The summed E-state index contributed by atoms with van der Waals surface area (Å²) in [6.07, 6.45) is -0.876. The lowest BCUT2D eigenvalue weighted by Gasteiger charge is -2.27. The summed E-state index contributed by atoms with van der Waals surface area (Å²) in [6.45, 7) is 8.12. The topological polar surface area (TPSA) is 134 Å². The lowest BCUT2D eigenvalue weighted by molar-refractivity contribution is -0.384. The number of esters is 2. The number of nitro groups is 1. The normalized spacial score (nSPS) is 12.1. The summed E-state index contributed by atoms with van der Waals surface area (Å²) in [7, 11) is 0. The van der Waals surface area contributed by atoms with Gasteiger partial charge in [-0.25, -0.2) is 4.79 Å². The summed E-state index contributed by atoms with van der Waals surface area (Å²) in [5.41, 5.74) is -0.742. The smallest absolute Gasteiger partial charge is 0.408 e. The van der Waals surface area contributed by atoms with Crippen LogP contribution in [0.2, 0.25) is 0 Å². The monoisotopic (exact) mass is 410 g/mol. The van der Waals surface area contributed by atoms with E-state index in [0.717, 1.165) is 0 Å². The number of ether oxygens (including phenoxy) is 3. The van der Waals surface area contributed by atoms with Crippen molar-refractivity contribution in [3.05, 3.63) is 39.9 Å². The molecule has 10 nitrogen and oxygen atoms in total. The fourth-order valence-electron chi connectivity index (χ4n) is 2.43. The fraction of sp³-hybridized carbons (Fsp3) is 0.526. The van der Waals surface area contributed by atoms with E-state index in [1.807, 2.05) is 0 Å². The van der Waals surface area contributed by atoms with E-state index in [0.29, 0.717) is 0 Å². The summed E-state index contributed by atoms with van der Waals surface area (Å²) >= 11 is 0. The molecular formula is C19H26N2O8. The average Bonchev–Trinajstić information content (AvgIpc) is 2.60. The van der Waals surface area contributed by atoms with Crippen LogP contribution >= 0.6 is 0 Å². The molecule has 1 aromatic rings. The molecule has 0 aliphatic carbocycles. The molecular weight excluding hydrogens is 384 g/mol. The van der Waals surface area contributed by atoms with E-state index < -0.39 is 40.5 Å². The van der Waals surface area contributed by atoms with Crippen molar-refractivity contribution in [3.63, 3.8) is 0 Å². The molecule has 160 valence electrons. The Balaban J connectivity index is 3.36. The predicted octanol–water partition coefficient (Wildman–Crippen LogP) is 2.90. The maximum atomic E-state index is 12.5. The van der Waals surface area contributed by atoms with Crippen LogP contribution in [0.4, 0.5) is 10.5 Å². The number of non-ortho nitro benzene ring substituents is 1. The highest BCUT2D eigenvalue weighted by Gasteiger charge is 2.40. The second-order valence-corrected chi connectivity index (χ2v) is 6.95. The average molecular weight is 410 g/mol. The fourth-order valence-corrected chi connectivity index (χ4v) is 2.43. The van der Waals surface area contributed by atoms with Gasteiger partial charge in [0.25, 0.3) is 5.69 Å². The molecule has 0 radical (unpaired) electrons. The quantitative estimate of drug-likeness (QED) is 0.227. The zero-order valence-corrected chi connectivity index (χ0v) is 17.1. The van der Waals surface area contributed by atoms with Gasteiger partial charge in [-0.3, -0.25) is 19.7 Å². The molecule has 10 heteroatoms. The first-order chi connectivity index (χ1) is 13.5. The molecule has 0 bridgehead atoms. The number of benzene rings is 1. The summed E-state index contributed by atoms with van der Waals surface area (Å²) < 4.78 is 15.2. The number of carbonyl (C=O) groups is 3. The highest BCUT2D eigenvalue weighted by Crippen LogP contribution is 2.27. The number of alkyl carbamates (subject to hydrolysis) is 1. The molecule has 0 spiro atoms. The van der Waals surface area contributed by atoms with E-state index in [4.69, 9.17) is 14.2 Å². The first kappa shape index (κ1) is 23.9. The highest BCUT2D eigenvalue weighted by molar-refractivity contribution is 5.96. The van der Waals surface area contributed by atoms with Gasteiger partial charge in [-0.15, -0.1) is 0 Å². The number of nitrogens with one attached hydrogen (secondary N) is 1. The minimum absolute atomic E-state index is 0.00809. The van der Waals surface area contributed by atoms with Crippen LogP contribution in [-0.4, -0.2) is 41.8 Å². The van der Waals surface area contributed by atoms with Gasteiger partial charge < -0.3 is 19.5 Å². The van der Waals surface area contributed by atoms with Gasteiger partial charge in [-0.05, 0) is 40.2 Å². The maximum Gasteiger partial charge on any atom is 0.408 e. The van der Waals surface area contributed by atoms with Crippen LogP contribution in [0.1, 0.15) is 46.2 Å². The minimum Gasteiger partial charge on any atom is -0.465 e. The third kappa shape index (κ3) is 7.40. The second-order valence-electron chi connectivity index (χ2n) is 6.95. The van der Waals surface area contributed by atoms with Crippen LogP contribution in [0.15, 0.2) is 24.3 Å². The van der Waals surface area contributed by atoms with Crippen molar-refractivity contribution < 1.29 is 33.5 Å². The van der Waals surface area contributed by atoms with Crippen LogP contribution in [0.5, 0.6) is 0 Å². The number of nitrogens with zero attached hydrogens (tertiary/aromatic N) is 1. The van der Waals surface area contributed by atoms with Crippen molar-refractivity contribution in [2.24, 2.45) is 5.92 Å². The van der Waals surface area contributed by atoms with E-state index in [1.54, 1.807) is 34.6 Å². The van der Waals surface area contributed by atoms with E-state index in [1.165, 1.54) is 24.3 Å². The van der Waals surface area contributed by atoms with Crippen LogP contribution in [0.3, 0.4) is 0 Å². The van der Waals surface area contributed by atoms with Gasteiger partial charge in [0.05, 0.1) is 24.2 Å². The molecule has 0 fully saturated rings. The standard InChI is InChI=1S/C19H26N2O8/c1-6-27-16(22)14(17(23)28-7-2)15(20-18(24)29-19(3,4)5)12-8-10-13(11-9-12)21(25)26/h8-11,14-15H,6-7H2,1-5H3,(H,20,24). The van der Waals surface area contributed by atoms with E-state index in [9.17, 15) is 24.5 Å². The Hall–Kier alpha value is -3.17. The molecule has 1 amide bonds. The Labute approximate surface area is 168 Å². The predicted molar refractivity (Wildman–Crippen MR) is 102 cm³/mol. The lowest BCUT2D eigenvalue weighted by Crippen LogP contribution is -2.44. The Bertz CT molecular complexity index is 722. The van der Waals surface area contributed by atoms with Gasteiger partial charge in [0.2, 0.25) is 0 Å². The van der Waals surface area contributed by atoms with Crippen molar-refractivity contribution in [3.8, 4) is 0 Å². The zero-order valence-electron chi connectivity index (χ0n) is 17.1. The van der Waals surface area contributed by atoms with Gasteiger partial charge in [-0.1, -0.05) is 12.1 Å². The van der Waals surface area contributed by atoms with Crippen molar-refractivity contribution in [1.82, 2.24) is 5.32 Å². The van der Waals surface area contributed by atoms with Crippen LogP contribution in [0.25, 0.3) is 0 Å². The van der Waals surface area contributed by atoms with Crippen molar-refractivity contribution in [1.29, 1.82) is 0 Å². The van der Waals surface area contributed by atoms with Gasteiger partial charge >= 0.3 is 18.0 Å². The third-order valence-electron chi connectivity index (χ3n) is 3.55. The van der Waals surface area contributed by atoms with E-state index in [2.05, 4.69) is 5.32 Å². The van der Waals surface area contributed by atoms with Gasteiger partial charge in [0.1, 0.15) is 5.60 Å². The van der Waals surface area contributed by atoms with E-state index in [-0.39, 0.29) is 24.5 Å². The van der Waals surface area contributed by atoms with Crippen LogP contribution < -0.4 is 5.32 Å². The van der Waals surface area contributed by atoms with Crippen LogP contribution in [-0.2, 0) is 23.8 Å². The van der Waals surface area contributed by atoms with Crippen LogP contribution in [0, 0.1) is 16.0 Å². The number of rotatable bonds is 8. The lowest BCUT2D eigenvalue weighted by atomic mass is 9.92. The molecule has 0 aliphatic rings. The molecule has 0 saturated carbocycles.